The highest BCUT2D eigenvalue weighted by molar-refractivity contribution is 4.82. The van der Waals surface area contributed by atoms with E-state index in [2.05, 4.69) is 48.5 Å². The van der Waals surface area contributed by atoms with E-state index in [0.717, 1.165) is 17.8 Å². The number of rotatable bonds is 4. The molecule has 0 aliphatic rings. The standard InChI is InChI=1S/C12H26.C2H6.CH4/c1-8-11(9(2)3)12(6,7)10(4)5;1-2;/h9-11H,8H2,1-7H3;1-2H3;1H4. The molecule has 1 atom stereocenters. The van der Waals surface area contributed by atoms with E-state index >= 15 is 0 Å². The zero-order chi connectivity index (χ0) is 11.9. The van der Waals surface area contributed by atoms with Gasteiger partial charge in [-0.1, -0.05) is 76.2 Å². The molecule has 15 heavy (non-hydrogen) atoms. The van der Waals surface area contributed by atoms with Crippen molar-refractivity contribution >= 4 is 0 Å². The lowest BCUT2D eigenvalue weighted by Crippen LogP contribution is -2.32. The molecule has 0 bridgehead atoms. The molecule has 0 aromatic rings. The second-order valence-corrected chi connectivity index (χ2v) is 5.23. The van der Waals surface area contributed by atoms with Crippen LogP contribution in [0.4, 0.5) is 0 Å². The average Bonchev–Trinajstić information content (AvgIpc) is 2.07. The smallest absolute Gasteiger partial charge is 0.0301 e. The summed E-state index contributed by atoms with van der Waals surface area (Å²) in [5, 5.41) is 0. The van der Waals surface area contributed by atoms with Gasteiger partial charge in [0.25, 0.3) is 0 Å². The molecule has 0 saturated carbocycles. The molecule has 0 heteroatoms. The first-order chi connectivity index (χ1) is 6.34. The van der Waals surface area contributed by atoms with Crippen LogP contribution in [0, 0.1) is 23.2 Å². The summed E-state index contributed by atoms with van der Waals surface area (Å²) in [5.41, 5.74) is 0.489. The van der Waals surface area contributed by atoms with E-state index in [0.29, 0.717) is 5.41 Å². The lowest BCUT2D eigenvalue weighted by atomic mass is 9.65. The Morgan fingerprint density at radius 2 is 1.27 bits per heavy atom. The highest BCUT2D eigenvalue weighted by atomic mass is 14.4. The molecule has 1 unspecified atom stereocenters. The topological polar surface area (TPSA) is 0 Å². The fraction of sp³-hybridized carbons (Fsp3) is 1.00. The predicted molar refractivity (Wildman–Crippen MR) is 75.3 cm³/mol. The van der Waals surface area contributed by atoms with E-state index in [1.54, 1.807) is 0 Å². The van der Waals surface area contributed by atoms with Crippen molar-refractivity contribution in [1.82, 2.24) is 0 Å². The lowest BCUT2D eigenvalue weighted by Gasteiger charge is -2.40. The summed E-state index contributed by atoms with van der Waals surface area (Å²) in [6.45, 7) is 20.5. The molecule has 0 heterocycles. The van der Waals surface area contributed by atoms with Crippen LogP contribution in [0.3, 0.4) is 0 Å². The molecule has 0 aromatic carbocycles. The number of hydrogen-bond donors (Lipinski definition) is 0. The molecule has 0 aliphatic carbocycles. The van der Waals surface area contributed by atoms with Crippen LogP contribution in [0.1, 0.15) is 76.2 Å². The van der Waals surface area contributed by atoms with Gasteiger partial charge in [0, 0.05) is 0 Å². The first-order valence-electron chi connectivity index (χ1n) is 6.34. The third kappa shape index (κ3) is 6.22. The highest BCUT2D eigenvalue weighted by Gasteiger charge is 2.32. The average molecular weight is 216 g/mol. The van der Waals surface area contributed by atoms with Gasteiger partial charge in [-0.2, -0.15) is 0 Å². The maximum Gasteiger partial charge on any atom is -0.0301 e. The Kier molecular flexibility index (Phi) is 12.6. The van der Waals surface area contributed by atoms with E-state index in [9.17, 15) is 0 Å². The molecule has 0 aromatic heterocycles. The molecule has 0 nitrogen and oxygen atoms in total. The summed E-state index contributed by atoms with van der Waals surface area (Å²) in [7, 11) is 0. The molecule has 0 fully saturated rings. The Bertz CT molecular complexity index is 120. The molecule has 0 amide bonds. The molecule has 96 valence electrons. The second-order valence-electron chi connectivity index (χ2n) is 5.23. The van der Waals surface area contributed by atoms with Crippen molar-refractivity contribution in [3.63, 3.8) is 0 Å². The Hall–Kier alpha value is 0. The summed E-state index contributed by atoms with van der Waals surface area (Å²) >= 11 is 0. The van der Waals surface area contributed by atoms with Gasteiger partial charge >= 0.3 is 0 Å². The van der Waals surface area contributed by atoms with Crippen LogP contribution in [-0.4, -0.2) is 0 Å². The monoisotopic (exact) mass is 216 g/mol. The van der Waals surface area contributed by atoms with Crippen molar-refractivity contribution in [2.24, 2.45) is 23.2 Å². The van der Waals surface area contributed by atoms with Crippen LogP contribution in [0.2, 0.25) is 0 Å². The fourth-order valence-electron chi connectivity index (χ4n) is 2.28. The Morgan fingerprint density at radius 1 is 0.933 bits per heavy atom. The van der Waals surface area contributed by atoms with Gasteiger partial charge in [-0.25, -0.2) is 0 Å². The summed E-state index contributed by atoms with van der Waals surface area (Å²) in [6.07, 6.45) is 1.31. The van der Waals surface area contributed by atoms with Crippen molar-refractivity contribution in [3.8, 4) is 0 Å². The first-order valence-corrected chi connectivity index (χ1v) is 6.34. The summed E-state index contributed by atoms with van der Waals surface area (Å²) in [6, 6.07) is 0. The zero-order valence-electron chi connectivity index (χ0n) is 11.9. The first kappa shape index (κ1) is 20.4. The minimum absolute atomic E-state index is 0. The molecule has 0 rings (SSSR count). The van der Waals surface area contributed by atoms with Crippen molar-refractivity contribution in [3.05, 3.63) is 0 Å². The third-order valence-electron chi connectivity index (χ3n) is 3.69. The van der Waals surface area contributed by atoms with Gasteiger partial charge in [-0.3, -0.25) is 0 Å². The third-order valence-corrected chi connectivity index (χ3v) is 3.69. The van der Waals surface area contributed by atoms with Crippen molar-refractivity contribution in [1.29, 1.82) is 0 Å². The summed E-state index contributed by atoms with van der Waals surface area (Å²) < 4.78 is 0. The molecule has 0 saturated heterocycles. The van der Waals surface area contributed by atoms with Crippen LogP contribution in [-0.2, 0) is 0 Å². The summed E-state index contributed by atoms with van der Waals surface area (Å²) in [4.78, 5) is 0. The van der Waals surface area contributed by atoms with Gasteiger partial charge in [-0.05, 0) is 23.2 Å². The van der Waals surface area contributed by atoms with Crippen LogP contribution >= 0.6 is 0 Å². The van der Waals surface area contributed by atoms with Gasteiger partial charge in [0.1, 0.15) is 0 Å². The van der Waals surface area contributed by atoms with Crippen molar-refractivity contribution in [2.45, 2.75) is 76.2 Å². The van der Waals surface area contributed by atoms with Crippen LogP contribution in [0.25, 0.3) is 0 Å². The fourth-order valence-corrected chi connectivity index (χ4v) is 2.28. The van der Waals surface area contributed by atoms with Crippen LogP contribution < -0.4 is 0 Å². The Balaban J connectivity index is -0.000000449. The van der Waals surface area contributed by atoms with E-state index in [1.165, 1.54) is 6.42 Å². The predicted octanol–water partition coefficient (Wildman–Crippen LogP) is 6.01. The molecule has 0 aliphatic heterocycles. The molecular weight excluding hydrogens is 180 g/mol. The summed E-state index contributed by atoms with van der Waals surface area (Å²) in [5.74, 6) is 2.45. The van der Waals surface area contributed by atoms with Crippen molar-refractivity contribution in [2.75, 3.05) is 0 Å². The van der Waals surface area contributed by atoms with E-state index in [1.807, 2.05) is 13.8 Å². The molecular formula is C15H36. The minimum atomic E-state index is 0. The Labute approximate surface area is 99.9 Å². The molecule has 0 radical (unpaired) electrons. The second kappa shape index (κ2) is 9.24. The van der Waals surface area contributed by atoms with E-state index < -0.39 is 0 Å². The van der Waals surface area contributed by atoms with Crippen LogP contribution in [0.15, 0.2) is 0 Å². The van der Waals surface area contributed by atoms with Crippen LogP contribution in [0.5, 0.6) is 0 Å². The van der Waals surface area contributed by atoms with Gasteiger partial charge in [0.15, 0.2) is 0 Å². The largest absolute Gasteiger partial charge is 0.0776 e. The molecule has 0 spiro atoms. The van der Waals surface area contributed by atoms with Crippen molar-refractivity contribution < 1.29 is 0 Å². The normalized spacial score (nSPS) is 13.0. The number of hydrogen-bond acceptors (Lipinski definition) is 0. The highest BCUT2D eigenvalue weighted by Crippen LogP contribution is 2.40. The van der Waals surface area contributed by atoms with Gasteiger partial charge in [-0.15, -0.1) is 0 Å². The maximum absolute atomic E-state index is 2.41. The maximum atomic E-state index is 2.41. The van der Waals surface area contributed by atoms with Gasteiger partial charge in [0.05, 0.1) is 0 Å². The molecule has 0 N–H and O–H groups in total. The van der Waals surface area contributed by atoms with E-state index in [-0.39, 0.29) is 7.43 Å². The lowest BCUT2D eigenvalue weighted by molar-refractivity contribution is 0.0938. The van der Waals surface area contributed by atoms with Gasteiger partial charge < -0.3 is 0 Å². The SMILES string of the molecule is C.CC.CCC(C(C)C)C(C)(C)C(C)C. The van der Waals surface area contributed by atoms with Gasteiger partial charge in [0.2, 0.25) is 0 Å². The van der Waals surface area contributed by atoms with E-state index in [4.69, 9.17) is 0 Å². The zero-order valence-corrected chi connectivity index (χ0v) is 11.9. The quantitative estimate of drug-likeness (QED) is 0.539. The minimum Gasteiger partial charge on any atom is -0.0776 e. The Morgan fingerprint density at radius 3 is 1.33 bits per heavy atom.